The Balaban J connectivity index is 2.48. The second kappa shape index (κ2) is 5.49. The van der Waals surface area contributed by atoms with Crippen LogP contribution in [0.25, 0.3) is 5.57 Å². The van der Waals surface area contributed by atoms with E-state index in [-0.39, 0.29) is 0 Å². The van der Waals surface area contributed by atoms with Gasteiger partial charge in [-0.2, -0.15) is 0 Å². The van der Waals surface area contributed by atoms with E-state index in [0.29, 0.717) is 0 Å². The third-order valence-electron chi connectivity index (χ3n) is 3.06. The van der Waals surface area contributed by atoms with Crippen molar-refractivity contribution in [2.45, 2.75) is 19.8 Å². The summed E-state index contributed by atoms with van der Waals surface area (Å²) < 4.78 is 0. The van der Waals surface area contributed by atoms with Gasteiger partial charge in [-0.05, 0) is 42.0 Å². The molecule has 0 bridgehead atoms. The van der Waals surface area contributed by atoms with Gasteiger partial charge in [0.1, 0.15) is 0 Å². The van der Waals surface area contributed by atoms with Gasteiger partial charge in [-0.3, -0.25) is 0 Å². The molecule has 86 valence electrons. The lowest BCUT2D eigenvalue weighted by atomic mass is 9.91. The Labute approximate surface area is 104 Å². The van der Waals surface area contributed by atoms with Crippen molar-refractivity contribution in [1.82, 2.24) is 0 Å². The number of hydrogen-bond acceptors (Lipinski definition) is 0. The quantitative estimate of drug-likeness (QED) is 0.647. The molecule has 0 heterocycles. The van der Waals surface area contributed by atoms with E-state index in [1.165, 1.54) is 16.7 Å². The van der Waals surface area contributed by atoms with Gasteiger partial charge in [0.05, 0.1) is 0 Å². The lowest BCUT2D eigenvalue weighted by molar-refractivity contribution is 1.13. The molecule has 17 heavy (non-hydrogen) atoms. The van der Waals surface area contributed by atoms with E-state index in [4.69, 9.17) is 0 Å². The molecular formula is C17H18. The van der Waals surface area contributed by atoms with Gasteiger partial charge < -0.3 is 0 Å². The van der Waals surface area contributed by atoms with Gasteiger partial charge in [0.15, 0.2) is 0 Å². The maximum absolute atomic E-state index is 4.14. The monoisotopic (exact) mass is 222 g/mol. The first-order valence-electron chi connectivity index (χ1n) is 6.07. The van der Waals surface area contributed by atoms with Crippen molar-refractivity contribution in [3.8, 4) is 0 Å². The van der Waals surface area contributed by atoms with Gasteiger partial charge in [0.25, 0.3) is 0 Å². The van der Waals surface area contributed by atoms with Crippen molar-refractivity contribution in [2.75, 3.05) is 0 Å². The molecule has 0 spiro atoms. The van der Waals surface area contributed by atoms with Crippen LogP contribution in [0.3, 0.4) is 0 Å². The molecule has 0 heteroatoms. The van der Waals surface area contributed by atoms with Crippen molar-refractivity contribution in [1.29, 1.82) is 0 Å². The van der Waals surface area contributed by atoms with Crippen LogP contribution >= 0.6 is 0 Å². The maximum Gasteiger partial charge on any atom is -0.00853 e. The molecule has 0 N–H and O–H groups in total. The zero-order chi connectivity index (χ0) is 12.1. The highest BCUT2D eigenvalue weighted by Gasteiger charge is 2.08. The lowest BCUT2D eigenvalue weighted by Gasteiger charge is -2.14. The van der Waals surface area contributed by atoms with Gasteiger partial charge in [0.2, 0.25) is 0 Å². The summed E-state index contributed by atoms with van der Waals surface area (Å²) in [4.78, 5) is 0. The van der Waals surface area contributed by atoms with E-state index < -0.39 is 0 Å². The molecule has 1 aromatic rings. The molecular weight excluding hydrogens is 204 g/mol. The molecule has 0 radical (unpaired) electrons. The minimum atomic E-state index is 0.992. The van der Waals surface area contributed by atoms with Gasteiger partial charge in [0, 0.05) is 0 Å². The Hall–Kier alpha value is -1.82. The predicted molar refractivity (Wildman–Crippen MR) is 76.0 cm³/mol. The third kappa shape index (κ3) is 2.65. The summed E-state index contributed by atoms with van der Waals surface area (Å²) in [5.74, 6) is 0. The molecule has 0 amide bonds. The molecule has 1 aliphatic carbocycles. The summed E-state index contributed by atoms with van der Waals surface area (Å²) >= 11 is 0. The van der Waals surface area contributed by atoms with Crippen LogP contribution in [0.1, 0.15) is 23.6 Å². The summed E-state index contributed by atoms with van der Waals surface area (Å²) in [6, 6.07) is 6.51. The highest BCUT2D eigenvalue weighted by atomic mass is 14.1. The summed E-state index contributed by atoms with van der Waals surface area (Å²) in [7, 11) is 0. The number of allylic oxidation sites excluding steroid dienone is 7. The van der Waals surface area contributed by atoms with Crippen molar-refractivity contribution in [3.63, 3.8) is 0 Å². The smallest absolute Gasteiger partial charge is 0.00853 e. The Morgan fingerprint density at radius 3 is 3.00 bits per heavy atom. The van der Waals surface area contributed by atoms with Crippen LogP contribution in [-0.4, -0.2) is 0 Å². The summed E-state index contributed by atoms with van der Waals surface area (Å²) in [6.07, 6.45) is 14.7. The van der Waals surface area contributed by atoms with E-state index >= 15 is 0 Å². The second-order valence-corrected chi connectivity index (χ2v) is 4.23. The third-order valence-corrected chi connectivity index (χ3v) is 3.06. The standard InChI is InChI=1S/C17H18/c1-3-4-10-15-11-8-13-16-14(2)9-6-5-7-12-17(15)16/h3-9,11,13H,2,10,12H2,1H3/b4-3-,7-5-,9-6-. The van der Waals surface area contributed by atoms with E-state index in [1.54, 1.807) is 0 Å². The fraction of sp³-hybridized carbons (Fsp3) is 0.176. The van der Waals surface area contributed by atoms with E-state index in [2.05, 4.69) is 68.2 Å². The summed E-state index contributed by atoms with van der Waals surface area (Å²) in [6.45, 7) is 6.20. The molecule has 2 rings (SSSR count). The lowest BCUT2D eigenvalue weighted by Crippen LogP contribution is -1.98. The Morgan fingerprint density at radius 2 is 2.18 bits per heavy atom. The van der Waals surface area contributed by atoms with E-state index in [9.17, 15) is 0 Å². The second-order valence-electron chi connectivity index (χ2n) is 4.23. The molecule has 0 nitrogen and oxygen atoms in total. The van der Waals surface area contributed by atoms with Crippen molar-refractivity contribution < 1.29 is 0 Å². The van der Waals surface area contributed by atoms with Gasteiger partial charge in [-0.15, -0.1) is 0 Å². The van der Waals surface area contributed by atoms with Crippen LogP contribution in [0.15, 0.2) is 61.2 Å². The summed E-state index contributed by atoms with van der Waals surface area (Å²) in [5, 5.41) is 0. The first-order valence-corrected chi connectivity index (χ1v) is 6.07. The molecule has 0 aromatic heterocycles. The van der Waals surface area contributed by atoms with Crippen LogP contribution < -0.4 is 0 Å². The topological polar surface area (TPSA) is 0 Å². The highest BCUT2D eigenvalue weighted by Crippen LogP contribution is 2.25. The molecule has 0 saturated carbocycles. The van der Waals surface area contributed by atoms with Crippen LogP contribution in [0.4, 0.5) is 0 Å². The predicted octanol–water partition coefficient (Wildman–Crippen LogP) is 4.49. The van der Waals surface area contributed by atoms with E-state index in [1.807, 2.05) is 0 Å². The average molecular weight is 222 g/mol. The van der Waals surface area contributed by atoms with Crippen LogP contribution in [0, 0.1) is 0 Å². The Kier molecular flexibility index (Phi) is 3.77. The molecule has 0 saturated heterocycles. The largest absolute Gasteiger partial charge is 0.0913 e. The number of benzene rings is 1. The molecule has 0 atom stereocenters. The Bertz CT molecular complexity index is 499. The fourth-order valence-corrected chi connectivity index (χ4v) is 2.14. The molecule has 0 aliphatic heterocycles. The highest BCUT2D eigenvalue weighted by molar-refractivity contribution is 5.76. The Morgan fingerprint density at radius 1 is 1.29 bits per heavy atom. The van der Waals surface area contributed by atoms with Crippen molar-refractivity contribution >= 4 is 5.57 Å². The van der Waals surface area contributed by atoms with Crippen molar-refractivity contribution in [3.05, 3.63) is 77.9 Å². The number of rotatable bonds is 2. The molecule has 0 unspecified atom stereocenters. The first-order chi connectivity index (χ1) is 8.33. The van der Waals surface area contributed by atoms with Gasteiger partial charge in [-0.25, -0.2) is 0 Å². The van der Waals surface area contributed by atoms with E-state index in [0.717, 1.165) is 18.4 Å². The molecule has 0 fully saturated rings. The SMILES string of the molecule is C=C1/C=C\C=C/Cc2c(C/C=C\C)cccc21. The van der Waals surface area contributed by atoms with Crippen molar-refractivity contribution in [2.24, 2.45) is 0 Å². The fourth-order valence-electron chi connectivity index (χ4n) is 2.14. The minimum absolute atomic E-state index is 0.992. The maximum atomic E-state index is 4.14. The number of fused-ring (bicyclic) bond motifs is 1. The normalized spacial score (nSPS) is 18.5. The van der Waals surface area contributed by atoms with Crippen LogP contribution in [0.2, 0.25) is 0 Å². The minimum Gasteiger partial charge on any atom is -0.0913 e. The zero-order valence-corrected chi connectivity index (χ0v) is 10.3. The first kappa shape index (κ1) is 11.7. The van der Waals surface area contributed by atoms with Crippen LogP contribution in [-0.2, 0) is 12.8 Å². The zero-order valence-electron chi connectivity index (χ0n) is 10.3. The number of hydrogen-bond donors (Lipinski definition) is 0. The van der Waals surface area contributed by atoms with Crippen LogP contribution in [0.5, 0.6) is 0 Å². The summed E-state index contributed by atoms with van der Waals surface area (Å²) in [5.41, 5.74) is 5.21. The average Bonchev–Trinajstić information content (AvgIpc) is 2.33. The molecule has 1 aliphatic rings. The molecule has 1 aromatic carbocycles. The van der Waals surface area contributed by atoms with Gasteiger partial charge in [-0.1, -0.05) is 61.2 Å². The van der Waals surface area contributed by atoms with Gasteiger partial charge >= 0.3 is 0 Å².